The van der Waals surface area contributed by atoms with E-state index >= 15 is 0 Å². The predicted molar refractivity (Wildman–Crippen MR) is 69.7 cm³/mol. The van der Waals surface area contributed by atoms with Crippen LogP contribution in [0.4, 0.5) is 8.78 Å². The number of nitrogens with zero attached hydrogens (tertiary/aromatic N) is 1. The molecule has 0 bridgehead atoms. The second-order valence-corrected chi connectivity index (χ2v) is 3.85. The minimum absolute atomic E-state index is 0.0113. The Hall–Kier alpha value is -1.71. The number of nitrogens with one attached hydrogen (secondary N) is 1. The number of H-pyrrole nitrogens is 1. The van der Waals surface area contributed by atoms with Gasteiger partial charge in [-0.15, -0.1) is 0 Å². The van der Waals surface area contributed by atoms with E-state index in [0.717, 1.165) is 24.0 Å². The molecule has 0 radical (unpaired) electrons. The maximum Gasteiger partial charge on any atom is 0.270 e. The van der Waals surface area contributed by atoms with Crippen LogP contribution in [-0.4, -0.2) is 9.97 Å². The van der Waals surface area contributed by atoms with Crippen LogP contribution in [0, 0.1) is 6.92 Å². The van der Waals surface area contributed by atoms with Gasteiger partial charge in [-0.1, -0.05) is 32.0 Å². The molecular weight excluding hydrogens is 234 g/mol. The van der Waals surface area contributed by atoms with Crippen LogP contribution in [0.1, 0.15) is 32.2 Å². The van der Waals surface area contributed by atoms with Gasteiger partial charge >= 0.3 is 0 Å². The molecule has 0 atom stereocenters. The summed E-state index contributed by atoms with van der Waals surface area (Å²) in [6.45, 7) is 6.71. The van der Waals surface area contributed by atoms with E-state index in [0.29, 0.717) is 0 Å². The highest BCUT2D eigenvalue weighted by atomic mass is 19.3. The van der Waals surface area contributed by atoms with Crippen LogP contribution in [0.2, 0.25) is 0 Å². The van der Waals surface area contributed by atoms with E-state index in [1.165, 1.54) is 12.1 Å². The lowest BCUT2D eigenvalue weighted by atomic mass is 10.0. The molecule has 0 saturated carbocycles. The van der Waals surface area contributed by atoms with E-state index in [4.69, 9.17) is 0 Å². The van der Waals surface area contributed by atoms with Gasteiger partial charge in [0.2, 0.25) is 0 Å². The molecule has 4 heteroatoms. The Morgan fingerprint density at radius 2 is 1.89 bits per heavy atom. The highest BCUT2D eigenvalue weighted by molar-refractivity contribution is 5.59. The molecule has 0 fully saturated rings. The molecule has 0 aliphatic heterocycles. The second kappa shape index (κ2) is 5.76. The number of aromatic amines is 1. The van der Waals surface area contributed by atoms with Gasteiger partial charge in [-0.3, -0.25) is 0 Å². The average molecular weight is 252 g/mol. The summed E-state index contributed by atoms with van der Waals surface area (Å²) >= 11 is 0. The van der Waals surface area contributed by atoms with Crippen molar-refractivity contribution in [2.75, 3.05) is 0 Å². The zero-order valence-corrected chi connectivity index (χ0v) is 11.1. The van der Waals surface area contributed by atoms with Gasteiger partial charge in [0.15, 0.2) is 0 Å². The first-order valence-electron chi connectivity index (χ1n) is 5.97. The van der Waals surface area contributed by atoms with E-state index in [2.05, 4.69) is 9.97 Å². The summed E-state index contributed by atoms with van der Waals surface area (Å²) < 4.78 is 26.3. The molecule has 18 heavy (non-hydrogen) atoms. The number of hydrogen-bond donors (Lipinski definition) is 1. The summed E-state index contributed by atoms with van der Waals surface area (Å²) in [4.78, 5) is 7.06. The second-order valence-electron chi connectivity index (χ2n) is 3.85. The van der Waals surface area contributed by atoms with E-state index in [-0.39, 0.29) is 5.56 Å². The first-order chi connectivity index (χ1) is 8.47. The number of alkyl halides is 2. The van der Waals surface area contributed by atoms with Crippen LogP contribution in [-0.2, 0) is 5.92 Å². The molecule has 98 valence electrons. The van der Waals surface area contributed by atoms with Gasteiger partial charge in [0, 0.05) is 18.1 Å². The molecule has 2 aromatic rings. The topological polar surface area (TPSA) is 28.7 Å². The molecular formula is C14H18F2N2. The molecule has 1 heterocycles. The Morgan fingerprint density at radius 1 is 1.22 bits per heavy atom. The first-order valence-corrected chi connectivity index (χ1v) is 5.97. The summed E-state index contributed by atoms with van der Waals surface area (Å²) in [5.74, 6) is -2.05. The van der Waals surface area contributed by atoms with Gasteiger partial charge in [0.05, 0.1) is 11.9 Å². The summed E-state index contributed by atoms with van der Waals surface area (Å²) in [7, 11) is 0. The lowest BCUT2D eigenvalue weighted by Crippen LogP contribution is -2.06. The van der Waals surface area contributed by atoms with Crippen molar-refractivity contribution in [1.82, 2.24) is 9.97 Å². The van der Waals surface area contributed by atoms with Gasteiger partial charge in [0.1, 0.15) is 5.82 Å². The fourth-order valence-electron chi connectivity index (χ4n) is 1.53. The van der Waals surface area contributed by atoms with Gasteiger partial charge < -0.3 is 4.98 Å². The van der Waals surface area contributed by atoms with Crippen LogP contribution in [0.3, 0.4) is 0 Å². The van der Waals surface area contributed by atoms with Gasteiger partial charge in [-0.25, -0.2) is 13.8 Å². The van der Waals surface area contributed by atoms with E-state index in [1.807, 2.05) is 20.8 Å². The number of benzene rings is 1. The van der Waals surface area contributed by atoms with Crippen LogP contribution in [0.5, 0.6) is 0 Å². The van der Waals surface area contributed by atoms with Crippen molar-refractivity contribution in [3.8, 4) is 11.3 Å². The lowest BCUT2D eigenvalue weighted by molar-refractivity contribution is 0.0175. The summed E-state index contributed by atoms with van der Waals surface area (Å²) in [6, 6.07) is 6.31. The average Bonchev–Trinajstić information content (AvgIpc) is 2.78. The van der Waals surface area contributed by atoms with E-state index in [9.17, 15) is 8.78 Å². The Morgan fingerprint density at radius 3 is 2.39 bits per heavy atom. The van der Waals surface area contributed by atoms with Crippen molar-refractivity contribution in [2.24, 2.45) is 0 Å². The number of aromatic nitrogens is 2. The summed E-state index contributed by atoms with van der Waals surface area (Å²) in [5, 5.41) is 0. The molecule has 0 aliphatic rings. The molecule has 1 aromatic heterocycles. The molecule has 0 amide bonds. The smallest absolute Gasteiger partial charge is 0.270 e. The van der Waals surface area contributed by atoms with E-state index in [1.54, 1.807) is 18.3 Å². The third-order valence-corrected chi connectivity index (χ3v) is 2.38. The number of aryl methyl sites for hydroxylation is 1. The first kappa shape index (κ1) is 14.4. The molecule has 2 rings (SSSR count). The van der Waals surface area contributed by atoms with Gasteiger partial charge in [-0.05, 0) is 13.0 Å². The third kappa shape index (κ3) is 3.39. The minimum Gasteiger partial charge on any atom is -0.342 e. The van der Waals surface area contributed by atoms with E-state index < -0.39 is 5.92 Å². The number of hydrogen-bond acceptors (Lipinski definition) is 1. The molecule has 0 aliphatic carbocycles. The molecule has 0 unspecified atom stereocenters. The summed E-state index contributed by atoms with van der Waals surface area (Å²) in [5.41, 5.74) is 1.49. The van der Waals surface area contributed by atoms with Crippen LogP contribution < -0.4 is 0 Å². The van der Waals surface area contributed by atoms with Crippen molar-refractivity contribution in [2.45, 2.75) is 33.6 Å². The Bertz CT molecular complexity index is 498. The van der Waals surface area contributed by atoms with Gasteiger partial charge in [0.25, 0.3) is 5.92 Å². The standard InChI is InChI=1S/C12H12F2N2.C2H6/c1-8-15-7-11(16-8)9-4-3-5-10(6-9)12(2,13)14;1-2/h3-7H,1-2H3,(H,15,16);1-2H3. The molecule has 0 spiro atoms. The van der Waals surface area contributed by atoms with Gasteiger partial charge in [-0.2, -0.15) is 0 Å². The Kier molecular flexibility index (Phi) is 4.59. The SMILES string of the molecule is CC.Cc1ncc(-c2cccc(C(C)(F)F)c2)[nH]1. The maximum atomic E-state index is 13.1. The van der Waals surface area contributed by atoms with Crippen molar-refractivity contribution in [1.29, 1.82) is 0 Å². The Labute approximate surface area is 106 Å². The molecule has 1 N–H and O–H groups in total. The van der Waals surface area contributed by atoms with Crippen molar-refractivity contribution in [3.63, 3.8) is 0 Å². The van der Waals surface area contributed by atoms with Crippen molar-refractivity contribution in [3.05, 3.63) is 41.9 Å². The zero-order valence-electron chi connectivity index (χ0n) is 11.1. The highest BCUT2D eigenvalue weighted by Crippen LogP contribution is 2.29. The Balaban J connectivity index is 0.000000771. The monoisotopic (exact) mass is 252 g/mol. The van der Waals surface area contributed by atoms with Crippen LogP contribution >= 0.6 is 0 Å². The fourth-order valence-corrected chi connectivity index (χ4v) is 1.53. The molecule has 1 aromatic carbocycles. The number of halogens is 2. The quantitative estimate of drug-likeness (QED) is 0.836. The predicted octanol–water partition coefficient (Wildman–Crippen LogP) is 4.52. The van der Waals surface area contributed by atoms with Crippen molar-refractivity contribution < 1.29 is 8.78 Å². The maximum absolute atomic E-state index is 13.1. The normalized spacial score (nSPS) is 10.8. The molecule has 0 saturated heterocycles. The third-order valence-electron chi connectivity index (χ3n) is 2.38. The largest absolute Gasteiger partial charge is 0.342 e. The van der Waals surface area contributed by atoms with Crippen LogP contribution in [0.15, 0.2) is 30.5 Å². The fraction of sp³-hybridized carbons (Fsp3) is 0.357. The minimum atomic E-state index is -2.81. The number of imidazole rings is 1. The van der Waals surface area contributed by atoms with Crippen LogP contribution in [0.25, 0.3) is 11.3 Å². The highest BCUT2D eigenvalue weighted by Gasteiger charge is 2.24. The van der Waals surface area contributed by atoms with Crippen molar-refractivity contribution >= 4 is 0 Å². The lowest BCUT2D eigenvalue weighted by Gasteiger charge is -2.11. The zero-order chi connectivity index (χ0) is 13.8. The number of rotatable bonds is 2. The molecule has 2 nitrogen and oxygen atoms in total. The summed E-state index contributed by atoms with van der Waals surface area (Å²) in [6.07, 6.45) is 1.64.